The van der Waals surface area contributed by atoms with Crippen LogP contribution >= 0.6 is 0 Å². The van der Waals surface area contributed by atoms with E-state index in [0.717, 1.165) is 5.56 Å². The third kappa shape index (κ3) is 5.53. The molecule has 0 radical (unpaired) electrons. The van der Waals surface area contributed by atoms with Crippen molar-refractivity contribution in [3.8, 4) is 0 Å². The van der Waals surface area contributed by atoms with Crippen LogP contribution < -0.4 is 5.32 Å². The normalized spacial score (nSPS) is 11.4. The van der Waals surface area contributed by atoms with Gasteiger partial charge in [-0.15, -0.1) is 0 Å². The Labute approximate surface area is 137 Å². The van der Waals surface area contributed by atoms with Gasteiger partial charge in [0.15, 0.2) is 9.84 Å². The largest absolute Gasteiger partial charge is 0.325 e. The van der Waals surface area contributed by atoms with Crippen LogP contribution in [0.25, 0.3) is 0 Å². The highest BCUT2D eigenvalue weighted by molar-refractivity contribution is 7.91. The van der Waals surface area contributed by atoms with Gasteiger partial charge in [-0.25, -0.2) is 8.42 Å². The average Bonchev–Trinajstić information content (AvgIpc) is 2.47. The van der Waals surface area contributed by atoms with Crippen molar-refractivity contribution in [1.82, 2.24) is 0 Å². The Kier molecular flexibility index (Phi) is 5.55. The van der Waals surface area contributed by atoms with Gasteiger partial charge in [0.2, 0.25) is 5.91 Å². The topological polar surface area (TPSA) is 63.2 Å². The Bertz CT molecular complexity index is 768. The zero-order valence-electron chi connectivity index (χ0n) is 13.3. The number of benzene rings is 2. The Morgan fingerprint density at radius 2 is 1.74 bits per heavy atom. The molecule has 2 aromatic carbocycles. The van der Waals surface area contributed by atoms with Crippen LogP contribution in [0, 0.1) is 0 Å². The van der Waals surface area contributed by atoms with Crippen LogP contribution in [0.4, 0.5) is 5.69 Å². The molecule has 0 spiro atoms. The molecule has 0 saturated carbocycles. The second-order valence-electron chi connectivity index (χ2n) is 5.85. The molecule has 1 N–H and O–H groups in total. The van der Waals surface area contributed by atoms with Gasteiger partial charge in [-0.3, -0.25) is 4.79 Å². The third-order valence-electron chi connectivity index (χ3n) is 3.42. The molecule has 5 heteroatoms. The van der Waals surface area contributed by atoms with E-state index in [1.54, 1.807) is 30.3 Å². The second kappa shape index (κ2) is 7.42. The molecule has 4 nitrogen and oxygen atoms in total. The van der Waals surface area contributed by atoms with Gasteiger partial charge in [-0.2, -0.15) is 0 Å². The Morgan fingerprint density at radius 1 is 1.04 bits per heavy atom. The van der Waals surface area contributed by atoms with E-state index in [4.69, 9.17) is 0 Å². The predicted molar refractivity (Wildman–Crippen MR) is 93.1 cm³/mol. The molecule has 0 aliphatic carbocycles. The van der Waals surface area contributed by atoms with Crippen molar-refractivity contribution in [2.45, 2.75) is 25.5 Å². The highest BCUT2D eigenvalue weighted by atomic mass is 32.2. The number of anilines is 1. The zero-order valence-corrected chi connectivity index (χ0v) is 14.1. The highest BCUT2D eigenvalue weighted by Crippen LogP contribution is 2.18. The molecular formula is C18H21NO3S. The molecule has 0 unspecified atom stereocenters. The molecule has 0 saturated heterocycles. The maximum absolute atomic E-state index is 12.1. The van der Waals surface area contributed by atoms with Gasteiger partial charge in [0.05, 0.1) is 5.75 Å². The molecule has 122 valence electrons. The number of hydrogen-bond donors (Lipinski definition) is 1. The first kappa shape index (κ1) is 17.2. The van der Waals surface area contributed by atoms with Crippen molar-refractivity contribution in [2.75, 3.05) is 11.1 Å². The van der Waals surface area contributed by atoms with Crippen LogP contribution in [-0.2, 0) is 20.4 Å². The smallest absolute Gasteiger partial charge is 0.239 e. The fourth-order valence-corrected chi connectivity index (χ4v) is 3.53. The van der Waals surface area contributed by atoms with Gasteiger partial charge in [-0.1, -0.05) is 56.3 Å². The fraction of sp³-hybridized carbons (Fsp3) is 0.278. The van der Waals surface area contributed by atoms with Gasteiger partial charge in [0.1, 0.15) is 5.75 Å². The molecule has 2 aromatic rings. The molecule has 0 atom stereocenters. The molecule has 0 bridgehead atoms. The maximum Gasteiger partial charge on any atom is 0.239 e. The van der Waals surface area contributed by atoms with E-state index < -0.39 is 21.5 Å². The zero-order chi connectivity index (χ0) is 16.9. The van der Waals surface area contributed by atoms with Gasteiger partial charge in [0, 0.05) is 5.69 Å². The van der Waals surface area contributed by atoms with Crippen LogP contribution in [0.5, 0.6) is 0 Å². The lowest BCUT2D eigenvalue weighted by atomic mass is 10.0. The van der Waals surface area contributed by atoms with E-state index in [9.17, 15) is 13.2 Å². The number of rotatable bonds is 6. The molecule has 1 amide bonds. The number of carbonyl (C=O) groups excluding carboxylic acids is 1. The van der Waals surface area contributed by atoms with Crippen molar-refractivity contribution in [3.05, 3.63) is 65.7 Å². The first-order chi connectivity index (χ1) is 10.9. The summed E-state index contributed by atoms with van der Waals surface area (Å²) in [5, 5.41) is 2.66. The van der Waals surface area contributed by atoms with Crippen molar-refractivity contribution >= 4 is 21.4 Å². The lowest BCUT2D eigenvalue weighted by Gasteiger charge is -2.10. The number of carbonyl (C=O) groups is 1. The Morgan fingerprint density at radius 3 is 2.39 bits per heavy atom. The van der Waals surface area contributed by atoms with Crippen molar-refractivity contribution in [2.24, 2.45) is 0 Å². The first-order valence-corrected chi connectivity index (χ1v) is 9.32. The van der Waals surface area contributed by atoms with Crippen LogP contribution in [-0.4, -0.2) is 20.1 Å². The summed E-state index contributed by atoms with van der Waals surface area (Å²) in [6.07, 6.45) is 0. The lowest BCUT2D eigenvalue weighted by molar-refractivity contribution is -0.113. The van der Waals surface area contributed by atoms with E-state index in [1.165, 1.54) is 0 Å². The number of nitrogens with one attached hydrogen (secondary N) is 1. The van der Waals surface area contributed by atoms with E-state index in [2.05, 4.69) is 19.2 Å². The van der Waals surface area contributed by atoms with E-state index in [1.807, 2.05) is 24.3 Å². The predicted octanol–water partition coefficient (Wildman–Crippen LogP) is 3.36. The molecule has 23 heavy (non-hydrogen) atoms. The van der Waals surface area contributed by atoms with E-state index >= 15 is 0 Å². The summed E-state index contributed by atoms with van der Waals surface area (Å²) in [5.74, 6) is -0.823. The number of sulfone groups is 1. The summed E-state index contributed by atoms with van der Waals surface area (Å²) in [5.41, 5.74) is 2.40. The second-order valence-corrected chi connectivity index (χ2v) is 7.91. The standard InChI is InChI=1S/C18H21NO3S/c1-14(2)16-9-6-10-17(11-16)19-18(20)13-23(21,22)12-15-7-4-3-5-8-15/h3-11,14H,12-13H2,1-2H3,(H,19,20). The van der Waals surface area contributed by atoms with Crippen LogP contribution in [0.15, 0.2) is 54.6 Å². The summed E-state index contributed by atoms with van der Waals surface area (Å²) >= 11 is 0. The number of amides is 1. The van der Waals surface area contributed by atoms with Crippen LogP contribution in [0.1, 0.15) is 30.9 Å². The van der Waals surface area contributed by atoms with E-state index in [0.29, 0.717) is 17.2 Å². The van der Waals surface area contributed by atoms with Crippen LogP contribution in [0.2, 0.25) is 0 Å². The highest BCUT2D eigenvalue weighted by Gasteiger charge is 2.17. The Balaban J connectivity index is 2.00. The molecular weight excluding hydrogens is 310 g/mol. The summed E-state index contributed by atoms with van der Waals surface area (Å²) in [4.78, 5) is 12.0. The number of hydrogen-bond acceptors (Lipinski definition) is 3. The minimum atomic E-state index is -3.49. The molecule has 2 rings (SSSR count). The van der Waals surface area contributed by atoms with Crippen molar-refractivity contribution < 1.29 is 13.2 Å². The van der Waals surface area contributed by atoms with E-state index in [-0.39, 0.29) is 5.75 Å². The van der Waals surface area contributed by atoms with Crippen molar-refractivity contribution in [3.63, 3.8) is 0 Å². The quantitative estimate of drug-likeness (QED) is 0.883. The van der Waals surface area contributed by atoms with Crippen molar-refractivity contribution in [1.29, 1.82) is 0 Å². The van der Waals surface area contributed by atoms with Gasteiger partial charge in [-0.05, 0) is 29.2 Å². The minimum absolute atomic E-state index is 0.132. The minimum Gasteiger partial charge on any atom is -0.325 e. The fourth-order valence-electron chi connectivity index (χ4n) is 2.25. The molecule has 0 aliphatic heterocycles. The Hall–Kier alpha value is -2.14. The summed E-state index contributed by atoms with van der Waals surface area (Å²) in [6.45, 7) is 4.12. The summed E-state index contributed by atoms with van der Waals surface area (Å²) < 4.78 is 24.2. The SMILES string of the molecule is CC(C)c1cccc(NC(=O)CS(=O)(=O)Cc2ccccc2)c1. The summed E-state index contributed by atoms with van der Waals surface area (Å²) in [7, 11) is -3.49. The van der Waals surface area contributed by atoms with Crippen LogP contribution in [0.3, 0.4) is 0 Å². The molecule has 0 aliphatic rings. The lowest BCUT2D eigenvalue weighted by Crippen LogP contribution is -2.24. The third-order valence-corrected chi connectivity index (χ3v) is 4.89. The molecule has 0 aromatic heterocycles. The molecule has 0 fully saturated rings. The first-order valence-electron chi connectivity index (χ1n) is 7.50. The summed E-state index contributed by atoms with van der Waals surface area (Å²) in [6, 6.07) is 16.3. The van der Waals surface area contributed by atoms with Gasteiger partial charge >= 0.3 is 0 Å². The average molecular weight is 331 g/mol. The van der Waals surface area contributed by atoms with Gasteiger partial charge in [0.25, 0.3) is 0 Å². The monoisotopic (exact) mass is 331 g/mol. The maximum atomic E-state index is 12.1. The molecule has 0 heterocycles. The van der Waals surface area contributed by atoms with Gasteiger partial charge < -0.3 is 5.32 Å².